The number of pyridine rings is 1. The second-order valence-corrected chi connectivity index (χ2v) is 9.51. The number of thiocarbonyl (C=S) groups is 1. The molecular formula is C23H26N4O4S2. The highest BCUT2D eigenvalue weighted by Gasteiger charge is 2.34. The van der Waals surface area contributed by atoms with Gasteiger partial charge in [-0.2, -0.15) is 5.26 Å². The average Bonchev–Trinajstić information content (AvgIpc) is 3.06. The lowest BCUT2D eigenvalue weighted by Crippen LogP contribution is -2.42. The van der Waals surface area contributed by atoms with Gasteiger partial charge >= 0.3 is 5.97 Å². The number of carbonyl (C=O) groups excluding carboxylic acids is 2. The summed E-state index contributed by atoms with van der Waals surface area (Å²) in [7, 11) is 1.60. The van der Waals surface area contributed by atoms with Crippen molar-refractivity contribution in [1.82, 2.24) is 9.47 Å². The molecule has 2 aliphatic heterocycles. The average molecular weight is 487 g/mol. The number of aromatic nitrogens is 1. The van der Waals surface area contributed by atoms with E-state index in [2.05, 4.69) is 6.58 Å². The van der Waals surface area contributed by atoms with E-state index in [0.717, 1.165) is 6.42 Å². The molecule has 0 bridgehead atoms. The van der Waals surface area contributed by atoms with Crippen molar-refractivity contribution in [2.75, 3.05) is 31.1 Å². The van der Waals surface area contributed by atoms with Gasteiger partial charge in [-0.05, 0) is 38.3 Å². The van der Waals surface area contributed by atoms with E-state index in [4.69, 9.17) is 17.0 Å². The number of thioether (sulfide) groups is 1. The second kappa shape index (κ2) is 10.4. The Balaban J connectivity index is 2.14. The molecule has 0 saturated carbocycles. The molecule has 2 aliphatic rings. The van der Waals surface area contributed by atoms with Crippen LogP contribution < -0.4 is 10.5 Å². The Kier molecular flexibility index (Phi) is 7.76. The van der Waals surface area contributed by atoms with Gasteiger partial charge in [0.2, 0.25) is 0 Å². The van der Waals surface area contributed by atoms with E-state index in [9.17, 15) is 19.6 Å². The highest BCUT2D eigenvalue weighted by atomic mass is 32.2. The van der Waals surface area contributed by atoms with Gasteiger partial charge in [0.05, 0.1) is 17.4 Å². The van der Waals surface area contributed by atoms with Crippen molar-refractivity contribution < 1.29 is 14.3 Å². The standard InChI is InChI=1S/C23H26N4O4S2/c1-5-9-27-21(29)18(33-23(27)32)11-16-14(3)17(12-24)20(28)25(4)19(16)26-10-7-8-15(13-26)22(30)31-6-2/h5,11,15H,1,6-10,13H2,2-4H3. The molecule has 1 amide bonds. The maximum atomic E-state index is 12.9. The minimum Gasteiger partial charge on any atom is -0.466 e. The van der Waals surface area contributed by atoms with E-state index >= 15 is 0 Å². The third-order valence-corrected chi connectivity index (χ3v) is 7.15. The Hall–Kier alpha value is -2.90. The van der Waals surface area contributed by atoms with Crippen LogP contribution in [0.4, 0.5) is 5.82 Å². The zero-order valence-electron chi connectivity index (χ0n) is 18.9. The zero-order valence-corrected chi connectivity index (χ0v) is 20.6. The highest BCUT2D eigenvalue weighted by Crippen LogP contribution is 2.36. The lowest BCUT2D eigenvalue weighted by atomic mass is 9.96. The fourth-order valence-corrected chi connectivity index (χ4v) is 5.39. The number of ether oxygens (including phenoxy) is 1. The van der Waals surface area contributed by atoms with Crippen molar-refractivity contribution in [2.45, 2.75) is 26.7 Å². The van der Waals surface area contributed by atoms with E-state index in [0.29, 0.717) is 58.8 Å². The van der Waals surface area contributed by atoms with Crippen molar-refractivity contribution in [2.24, 2.45) is 13.0 Å². The number of anilines is 1. The highest BCUT2D eigenvalue weighted by molar-refractivity contribution is 8.26. The van der Waals surface area contributed by atoms with Gasteiger partial charge in [-0.15, -0.1) is 6.58 Å². The summed E-state index contributed by atoms with van der Waals surface area (Å²) < 4.78 is 7.07. The number of hydrogen-bond donors (Lipinski definition) is 0. The smallest absolute Gasteiger partial charge is 0.310 e. The zero-order chi connectivity index (χ0) is 24.3. The first-order valence-corrected chi connectivity index (χ1v) is 11.9. The molecule has 0 N–H and O–H groups in total. The molecule has 3 heterocycles. The van der Waals surface area contributed by atoms with Crippen LogP contribution in [0.3, 0.4) is 0 Å². The molecule has 33 heavy (non-hydrogen) atoms. The number of amides is 1. The van der Waals surface area contributed by atoms with Crippen LogP contribution >= 0.6 is 24.0 Å². The normalized spacial score (nSPS) is 19.7. The van der Waals surface area contributed by atoms with E-state index in [1.807, 2.05) is 11.0 Å². The van der Waals surface area contributed by atoms with Crippen molar-refractivity contribution >= 4 is 52.1 Å². The van der Waals surface area contributed by atoms with Crippen molar-refractivity contribution in [3.05, 3.63) is 44.6 Å². The summed E-state index contributed by atoms with van der Waals surface area (Å²) >= 11 is 6.52. The molecule has 1 unspecified atom stereocenters. The Morgan fingerprint density at radius 1 is 1.42 bits per heavy atom. The van der Waals surface area contributed by atoms with Gasteiger partial charge in [0.15, 0.2) is 0 Å². The number of esters is 1. The minimum absolute atomic E-state index is 0.0213. The van der Waals surface area contributed by atoms with Crippen LogP contribution in [0.15, 0.2) is 22.4 Å². The lowest BCUT2D eigenvalue weighted by Gasteiger charge is -2.35. The number of nitrogens with zero attached hydrogens (tertiary/aromatic N) is 4. The van der Waals surface area contributed by atoms with Crippen molar-refractivity contribution in [1.29, 1.82) is 5.26 Å². The molecule has 174 valence electrons. The molecule has 10 heteroatoms. The number of rotatable bonds is 6. The van der Waals surface area contributed by atoms with Crippen LogP contribution in [0.5, 0.6) is 0 Å². The Bertz CT molecular complexity index is 1150. The van der Waals surface area contributed by atoms with Crippen molar-refractivity contribution in [3.8, 4) is 6.07 Å². The van der Waals surface area contributed by atoms with E-state index in [1.54, 1.807) is 33.0 Å². The maximum absolute atomic E-state index is 12.9. The molecule has 1 aromatic heterocycles. The summed E-state index contributed by atoms with van der Waals surface area (Å²) in [5.41, 5.74) is 0.688. The predicted octanol–water partition coefficient (Wildman–Crippen LogP) is 2.73. The summed E-state index contributed by atoms with van der Waals surface area (Å²) in [6.07, 6.45) is 4.75. The molecular weight excluding hydrogens is 460 g/mol. The number of piperidine rings is 1. The van der Waals surface area contributed by atoms with Gasteiger partial charge in [-0.25, -0.2) is 0 Å². The first-order chi connectivity index (χ1) is 15.7. The van der Waals surface area contributed by atoms with E-state index in [-0.39, 0.29) is 23.4 Å². The number of carbonyl (C=O) groups is 2. The molecule has 1 atom stereocenters. The van der Waals surface area contributed by atoms with Crippen LogP contribution in [0.1, 0.15) is 36.5 Å². The molecule has 0 radical (unpaired) electrons. The van der Waals surface area contributed by atoms with Crippen LogP contribution in [0, 0.1) is 24.2 Å². The molecule has 2 fully saturated rings. The fraction of sp³-hybridized carbons (Fsp3) is 0.435. The Labute approximate surface area is 202 Å². The largest absolute Gasteiger partial charge is 0.466 e. The topological polar surface area (TPSA) is 95.6 Å². The fourth-order valence-electron chi connectivity index (χ4n) is 4.13. The molecule has 3 rings (SSSR count). The Morgan fingerprint density at radius 2 is 2.15 bits per heavy atom. The molecule has 2 saturated heterocycles. The van der Waals surface area contributed by atoms with Gasteiger partial charge in [0.1, 0.15) is 21.8 Å². The van der Waals surface area contributed by atoms with Gasteiger partial charge in [0, 0.05) is 32.2 Å². The number of hydrogen-bond acceptors (Lipinski definition) is 8. The summed E-state index contributed by atoms with van der Waals surface area (Å²) in [5, 5.41) is 9.62. The number of nitriles is 1. The van der Waals surface area contributed by atoms with Crippen molar-refractivity contribution in [3.63, 3.8) is 0 Å². The quantitative estimate of drug-likeness (QED) is 0.262. The summed E-state index contributed by atoms with van der Waals surface area (Å²) in [6, 6.07) is 2.00. The summed E-state index contributed by atoms with van der Waals surface area (Å²) in [4.78, 5) is 42.1. The third kappa shape index (κ3) is 4.75. The van der Waals surface area contributed by atoms with Crippen LogP contribution in [-0.2, 0) is 21.4 Å². The lowest BCUT2D eigenvalue weighted by molar-refractivity contribution is -0.148. The minimum atomic E-state index is -0.417. The van der Waals surface area contributed by atoms with Crippen LogP contribution in [0.25, 0.3) is 6.08 Å². The van der Waals surface area contributed by atoms with Crippen LogP contribution in [0.2, 0.25) is 0 Å². The van der Waals surface area contributed by atoms with E-state index < -0.39 is 5.56 Å². The molecule has 8 nitrogen and oxygen atoms in total. The maximum Gasteiger partial charge on any atom is 0.310 e. The summed E-state index contributed by atoms with van der Waals surface area (Å²) in [6.45, 7) is 8.77. The van der Waals surface area contributed by atoms with E-state index in [1.165, 1.54) is 21.2 Å². The SMILES string of the molecule is C=CCN1C(=O)C(=Cc2c(C)c(C#N)c(=O)n(C)c2N2CCCC(C(=O)OCC)C2)SC1=S. The Morgan fingerprint density at radius 3 is 2.79 bits per heavy atom. The molecule has 0 aliphatic carbocycles. The van der Waals surface area contributed by atoms with Crippen LogP contribution in [-0.4, -0.2) is 51.9 Å². The van der Waals surface area contributed by atoms with Gasteiger partial charge in [0.25, 0.3) is 11.5 Å². The first kappa shape index (κ1) is 24.7. The molecule has 0 aromatic carbocycles. The monoisotopic (exact) mass is 486 g/mol. The third-order valence-electron chi connectivity index (χ3n) is 5.77. The second-order valence-electron chi connectivity index (χ2n) is 7.83. The first-order valence-electron chi connectivity index (χ1n) is 10.7. The molecule has 0 spiro atoms. The van der Waals surface area contributed by atoms with Gasteiger partial charge in [-0.3, -0.25) is 23.9 Å². The molecule has 1 aromatic rings. The predicted molar refractivity (Wildman–Crippen MR) is 133 cm³/mol. The van der Waals surface area contributed by atoms with Gasteiger partial charge in [-0.1, -0.05) is 30.1 Å². The summed E-state index contributed by atoms with van der Waals surface area (Å²) in [5.74, 6) is -0.252. The van der Waals surface area contributed by atoms with Gasteiger partial charge < -0.3 is 9.64 Å².